The Morgan fingerprint density at radius 3 is 2.70 bits per heavy atom. The van der Waals surface area contributed by atoms with Crippen LogP contribution in [0.5, 0.6) is 0 Å². The van der Waals surface area contributed by atoms with Gasteiger partial charge in [-0.25, -0.2) is 9.78 Å². The molecule has 8 heteroatoms. The smallest absolute Gasteiger partial charge is 0.356 e. The number of H-pyrrole nitrogens is 1. The van der Waals surface area contributed by atoms with Crippen molar-refractivity contribution in [3.05, 3.63) is 70.7 Å². The first-order valence-electron chi connectivity index (χ1n) is 9.80. The fourth-order valence-corrected chi connectivity index (χ4v) is 3.74. The number of aromatic amines is 1. The van der Waals surface area contributed by atoms with Crippen LogP contribution >= 0.6 is 0 Å². The summed E-state index contributed by atoms with van der Waals surface area (Å²) < 4.78 is 4.56. The molecule has 0 atom stereocenters. The van der Waals surface area contributed by atoms with Gasteiger partial charge in [0.05, 0.1) is 11.1 Å². The zero-order valence-electron chi connectivity index (χ0n) is 16.1. The van der Waals surface area contributed by atoms with E-state index in [-0.39, 0.29) is 5.91 Å². The van der Waals surface area contributed by atoms with Crippen LogP contribution in [0.15, 0.2) is 63.9 Å². The first kappa shape index (κ1) is 18.1. The molecule has 0 radical (unpaired) electrons. The monoisotopic (exact) mass is 401 g/mol. The molecule has 1 aliphatic rings. The van der Waals surface area contributed by atoms with E-state index >= 15 is 0 Å². The standard InChI is InChI=1S/C22H19N5O3/c28-21(23-16-8-5-7-15(12-16)19-25-22(29)30-26-19)17-13-14-6-1-2-9-18(14)24-20(17)27-10-3-4-11-27/h1-2,5-9,12-13H,3-4,10-11H2,(H,23,28)(H,25,26,29). The Hall–Kier alpha value is -3.94. The van der Waals surface area contributed by atoms with Crippen LogP contribution < -0.4 is 16.0 Å². The van der Waals surface area contributed by atoms with E-state index < -0.39 is 5.76 Å². The molecule has 5 rings (SSSR count). The maximum atomic E-state index is 13.2. The summed E-state index contributed by atoms with van der Waals surface area (Å²) >= 11 is 0. The second kappa shape index (κ2) is 7.47. The third-order valence-corrected chi connectivity index (χ3v) is 5.19. The minimum Gasteiger partial charge on any atom is -0.356 e. The van der Waals surface area contributed by atoms with E-state index in [9.17, 15) is 9.59 Å². The molecular formula is C22H19N5O3. The highest BCUT2D eigenvalue weighted by Gasteiger charge is 2.22. The predicted octanol–water partition coefficient (Wildman–Crippen LogP) is 3.43. The number of hydrogen-bond donors (Lipinski definition) is 2. The average Bonchev–Trinajstić information content (AvgIpc) is 3.45. The highest BCUT2D eigenvalue weighted by Crippen LogP contribution is 2.28. The number of pyridine rings is 1. The summed E-state index contributed by atoms with van der Waals surface area (Å²) in [4.78, 5) is 33.9. The lowest BCUT2D eigenvalue weighted by Gasteiger charge is -2.20. The molecule has 0 bridgehead atoms. The molecule has 30 heavy (non-hydrogen) atoms. The third kappa shape index (κ3) is 3.43. The van der Waals surface area contributed by atoms with Crippen molar-refractivity contribution in [2.45, 2.75) is 12.8 Å². The Morgan fingerprint density at radius 2 is 1.90 bits per heavy atom. The van der Waals surface area contributed by atoms with Gasteiger partial charge in [0.15, 0.2) is 5.82 Å². The summed E-state index contributed by atoms with van der Waals surface area (Å²) in [7, 11) is 0. The maximum absolute atomic E-state index is 13.2. The lowest BCUT2D eigenvalue weighted by atomic mass is 10.1. The molecular weight excluding hydrogens is 382 g/mol. The number of amides is 1. The van der Waals surface area contributed by atoms with Crippen LogP contribution in [-0.2, 0) is 0 Å². The summed E-state index contributed by atoms with van der Waals surface area (Å²) in [6.07, 6.45) is 2.18. The summed E-state index contributed by atoms with van der Waals surface area (Å²) in [5.74, 6) is 0.153. The Bertz CT molecular complexity index is 1290. The Balaban J connectivity index is 1.50. The largest absolute Gasteiger partial charge is 0.439 e. The van der Waals surface area contributed by atoms with E-state index in [1.807, 2.05) is 30.3 Å². The van der Waals surface area contributed by atoms with Crippen molar-refractivity contribution in [2.24, 2.45) is 0 Å². The highest BCUT2D eigenvalue weighted by molar-refractivity contribution is 6.09. The Kier molecular flexibility index (Phi) is 4.51. The van der Waals surface area contributed by atoms with Gasteiger partial charge in [0.2, 0.25) is 0 Å². The average molecular weight is 401 g/mol. The van der Waals surface area contributed by atoms with Gasteiger partial charge < -0.3 is 10.2 Å². The molecule has 4 aromatic rings. The van der Waals surface area contributed by atoms with Crippen LogP contribution in [0.1, 0.15) is 23.2 Å². The van der Waals surface area contributed by atoms with E-state index in [0.29, 0.717) is 28.5 Å². The molecule has 1 fully saturated rings. The van der Waals surface area contributed by atoms with Crippen molar-refractivity contribution in [2.75, 3.05) is 23.3 Å². The van der Waals surface area contributed by atoms with E-state index in [1.54, 1.807) is 24.3 Å². The molecule has 2 aromatic carbocycles. The van der Waals surface area contributed by atoms with Gasteiger partial charge in [0, 0.05) is 29.7 Å². The summed E-state index contributed by atoms with van der Waals surface area (Å²) in [6, 6.07) is 16.7. The fourth-order valence-electron chi connectivity index (χ4n) is 3.74. The molecule has 2 N–H and O–H groups in total. The van der Waals surface area contributed by atoms with Gasteiger partial charge in [-0.3, -0.25) is 14.3 Å². The molecule has 1 saturated heterocycles. The number of fused-ring (bicyclic) bond motifs is 1. The van der Waals surface area contributed by atoms with Crippen LogP contribution in [-0.4, -0.2) is 34.1 Å². The molecule has 150 valence electrons. The first-order chi connectivity index (χ1) is 14.7. The van der Waals surface area contributed by atoms with Crippen molar-refractivity contribution in [3.8, 4) is 11.4 Å². The maximum Gasteiger partial charge on any atom is 0.439 e. The zero-order valence-corrected chi connectivity index (χ0v) is 16.1. The van der Waals surface area contributed by atoms with Crippen LogP contribution in [0.3, 0.4) is 0 Å². The van der Waals surface area contributed by atoms with Crippen molar-refractivity contribution in [1.82, 2.24) is 15.1 Å². The second-order valence-electron chi connectivity index (χ2n) is 7.22. The molecule has 0 spiro atoms. The molecule has 0 saturated carbocycles. The van der Waals surface area contributed by atoms with E-state index in [2.05, 4.69) is 24.9 Å². The number of nitrogens with zero attached hydrogens (tertiary/aromatic N) is 3. The molecule has 1 amide bonds. The van der Waals surface area contributed by atoms with Crippen LogP contribution in [0, 0.1) is 0 Å². The Morgan fingerprint density at radius 1 is 1.07 bits per heavy atom. The van der Waals surface area contributed by atoms with Crippen molar-refractivity contribution in [3.63, 3.8) is 0 Å². The van der Waals surface area contributed by atoms with Crippen molar-refractivity contribution < 1.29 is 9.32 Å². The lowest BCUT2D eigenvalue weighted by molar-refractivity contribution is 0.102. The van der Waals surface area contributed by atoms with Gasteiger partial charge in [-0.2, -0.15) is 0 Å². The number of aromatic nitrogens is 3. The minimum absolute atomic E-state index is 0.235. The lowest BCUT2D eigenvalue weighted by Crippen LogP contribution is -2.24. The molecule has 3 heterocycles. The third-order valence-electron chi connectivity index (χ3n) is 5.19. The number of anilines is 2. The van der Waals surface area contributed by atoms with Gasteiger partial charge in [0.1, 0.15) is 5.82 Å². The van der Waals surface area contributed by atoms with Gasteiger partial charge in [0.25, 0.3) is 5.91 Å². The number of rotatable bonds is 4. The molecule has 0 unspecified atom stereocenters. The number of carbonyl (C=O) groups is 1. The van der Waals surface area contributed by atoms with E-state index in [1.165, 1.54) is 0 Å². The normalized spacial score (nSPS) is 13.7. The van der Waals surface area contributed by atoms with Crippen molar-refractivity contribution >= 4 is 28.3 Å². The molecule has 8 nitrogen and oxygen atoms in total. The highest BCUT2D eigenvalue weighted by atomic mass is 16.5. The fraction of sp³-hybridized carbons (Fsp3) is 0.182. The van der Waals surface area contributed by atoms with Gasteiger partial charge in [-0.05, 0) is 37.1 Å². The molecule has 2 aromatic heterocycles. The van der Waals surface area contributed by atoms with Gasteiger partial charge in [-0.1, -0.05) is 35.5 Å². The van der Waals surface area contributed by atoms with Gasteiger partial charge in [-0.15, -0.1) is 0 Å². The SMILES string of the molecule is O=C(Nc1cccc(-c2noc(=O)[nH]2)c1)c1cc2ccccc2nc1N1CCCC1. The zero-order chi connectivity index (χ0) is 20.5. The number of nitrogens with one attached hydrogen (secondary N) is 2. The van der Waals surface area contributed by atoms with Gasteiger partial charge >= 0.3 is 5.76 Å². The van der Waals surface area contributed by atoms with Crippen LogP contribution in [0.2, 0.25) is 0 Å². The van der Waals surface area contributed by atoms with Crippen molar-refractivity contribution in [1.29, 1.82) is 0 Å². The topological polar surface area (TPSA) is 104 Å². The number of benzene rings is 2. The number of carbonyl (C=O) groups excluding carboxylic acids is 1. The van der Waals surface area contributed by atoms with Crippen LogP contribution in [0.25, 0.3) is 22.3 Å². The summed E-state index contributed by atoms with van der Waals surface area (Å²) in [5, 5.41) is 7.56. The number of hydrogen-bond acceptors (Lipinski definition) is 6. The second-order valence-corrected chi connectivity index (χ2v) is 7.22. The Labute approximate surface area is 171 Å². The molecule has 1 aliphatic heterocycles. The first-order valence-corrected chi connectivity index (χ1v) is 9.80. The van der Waals surface area contributed by atoms with Crippen LogP contribution in [0.4, 0.5) is 11.5 Å². The minimum atomic E-state index is -0.628. The van der Waals surface area contributed by atoms with E-state index in [4.69, 9.17) is 4.98 Å². The summed E-state index contributed by atoms with van der Waals surface area (Å²) in [5.41, 5.74) is 2.63. The summed E-state index contributed by atoms with van der Waals surface area (Å²) in [6.45, 7) is 1.78. The number of para-hydroxylation sites is 1. The quantitative estimate of drug-likeness (QED) is 0.543. The molecule has 0 aliphatic carbocycles. The predicted molar refractivity (Wildman–Crippen MR) is 114 cm³/mol. The van der Waals surface area contributed by atoms with E-state index in [0.717, 1.165) is 36.8 Å².